The quantitative estimate of drug-likeness (QED) is 0.667. The van der Waals surface area contributed by atoms with E-state index in [4.69, 9.17) is 0 Å². The van der Waals surface area contributed by atoms with Crippen LogP contribution in [0.2, 0.25) is 0 Å². The molecule has 4 nitrogen and oxygen atoms in total. The standard InChI is InChI=1S/C10H19F3N2O2/c1-3-15(4-2)9(16)5-6-14-7-8-17-10(11,12)13/h14H,3-8H2,1-2H3. The summed E-state index contributed by atoms with van der Waals surface area (Å²) in [6.07, 6.45) is -4.30. The molecule has 0 spiro atoms. The Morgan fingerprint density at radius 1 is 1.24 bits per heavy atom. The van der Waals surface area contributed by atoms with Crippen LogP contribution in [0.25, 0.3) is 0 Å². The molecule has 0 radical (unpaired) electrons. The number of halogens is 3. The van der Waals surface area contributed by atoms with Gasteiger partial charge in [-0.1, -0.05) is 0 Å². The molecule has 0 rings (SSSR count). The molecule has 0 aromatic rings. The van der Waals surface area contributed by atoms with Crippen molar-refractivity contribution in [2.24, 2.45) is 0 Å². The number of hydrogen-bond donors (Lipinski definition) is 1. The molecule has 0 unspecified atom stereocenters. The second-order valence-electron chi connectivity index (χ2n) is 3.36. The average molecular weight is 256 g/mol. The number of rotatable bonds is 8. The Kier molecular flexibility index (Phi) is 7.90. The van der Waals surface area contributed by atoms with E-state index in [-0.39, 0.29) is 18.9 Å². The van der Waals surface area contributed by atoms with Crippen molar-refractivity contribution in [3.63, 3.8) is 0 Å². The van der Waals surface area contributed by atoms with Crippen molar-refractivity contribution in [1.29, 1.82) is 0 Å². The molecule has 1 amide bonds. The third-order valence-electron chi connectivity index (χ3n) is 2.18. The molecule has 0 atom stereocenters. The zero-order valence-corrected chi connectivity index (χ0v) is 10.1. The highest BCUT2D eigenvalue weighted by Crippen LogP contribution is 2.14. The maximum absolute atomic E-state index is 11.6. The normalized spacial score (nSPS) is 11.6. The van der Waals surface area contributed by atoms with Crippen molar-refractivity contribution < 1.29 is 22.7 Å². The second kappa shape index (κ2) is 8.30. The topological polar surface area (TPSA) is 41.6 Å². The van der Waals surface area contributed by atoms with Gasteiger partial charge in [-0.2, -0.15) is 0 Å². The lowest BCUT2D eigenvalue weighted by Crippen LogP contribution is -2.33. The Balaban J connectivity index is 3.49. The van der Waals surface area contributed by atoms with Gasteiger partial charge >= 0.3 is 6.36 Å². The van der Waals surface area contributed by atoms with Crippen molar-refractivity contribution in [2.75, 3.05) is 32.8 Å². The zero-order valence-electron chi connectivity index (χ0n) is 10.1. The molecule has 0 saturated heterocycles. The van der Waals surface area contributed by atoms with Gasteiger partial charge in [0.1, 0.15) is 0 Å². The molecule has 0 aliphatic heterocycles. The number of nitrogens with one attached hydrogen (secondary N) is 1. The minimum Gasteiger partial charge on any atom is -0.343 e. The lowest BCUT2D eigenvalue weighted by atomic mass is 10.3. The number of amides is 1. The first kappa shape index (κ1) is 16.2. The van der Waals surface area contributed by atoms with Crippen molar-refractivity contribution in [3.05, 3.63) is 0 Å². The van der Waals surface area contributed by atoms with Crippen molar-refractivity contribution in [2.45, 2.75) is 26.6 Å². The molecule has 0 aliphatic carbocycles. The van der Waals surface area contributed by atoms with Crippen LogP contribution in [-0.2, 0) is 9.53 Å². The number of alkyl halides is 3. The minimum absolute atomic E-state index is 0.000704. The van der Waals surface area contributed by atoms with Gasteiger partial charge in [0, 0.05) is 32.6 Å². The van der Waals surface area contributed by atoms with E-state index < -0.39 is 13.0 Å². The van der Waals surface area contributed by atoms with Gasteiger partial charge in [0.25, 0.3) is 0 Å². The van der Waals surface area contributed by atoms with Crippen molar-refractivity contribution in [3.8, 4) is 0 Å². The summed E-state index contributed by atoms with van der Waals surface area (Å²) in [4.78, 5) is 13.1. The van der Waals surface area contributed by atoms with Crippen LogP contribution < -0.4 is 5.32 Å². The fraction of sp³-hybridized carbons (Fsp3) is 0.900. The Morgan fingerprint density at radius 2 is 1.82 bits per heavy atom. The number of carbonyl (C=O) groups excluding carboxylic acids is 1. The van der Waals surface area contributed by atoms with Crippen molar-refractivity contribution in [1.82, 2.24) is 10.2 Å². The molecular weight excluding hydrogens is 237 g/mol. The van der Waals surface area contributed by atoms with E-state index in [9.17, 15) is 18.0 Å². The molecule has 1 N–H and O–H groups in total. The molecule has 102 valence electrons. The Morgan fingerprint density at radius 3 is 2.29 bits per heavy atom. The molecule has 0 aromatic carbocycles. The van der Waals surface area contributed by atoms with Gasteiger partial charge in [-0.3, -0.25) is 9.53 Å². The lowest BCUT2D eigenvalue weighted by molar-refractivity contribution is -0.323. The maximum atomic E-state index is 11.6. The molecule has 7 heteroatoms. The minimum atomic E-state index is -4.58. The summed E-state index contributed by atoms with van der Waals surface area (Å²) in [5.74, 6) is -0.000704. The number of ether oxygens (including phenoxy) is 1. The van der Waals surface area contributed by atoms with Crippen LogP contribution in [0, 0.1) is 0 Å². The summed E-state index contributed by atoms with van der Waals surface area (Å²) >= 11 is 0. The van der Waals surface area contributed by atoms with Crippen LogP contribution in [-0.4, -0.2) is 50.0 Å². The summed E-state index contributed by atoms with van der Waals surface area (Å²) in [5.41, 5.74) is 0. The number of hydrogen-bond acceptors (Lipinski definition) is 3. The Hall–Kier alpha value is -0.820. The molecule has 0 aliphatic rings. The predicted molar refractivity (Wildman–Crippen MR) is 57.4 cm³/mol. The van der Waals surface area contributed by atoms with Crippen LogP contribution in [0.3, 0.4) is 0 Å². The summed E-state index contributed by atoms with van der Waals surface area (Å²) in [6, 6.07) is 0. The monoisotopic (exact) mass is 256 g/mol. The predicted octanol–water partition coefficient (Wildman–Crippen LogP) is 1.37. The fourth-order valence-corrected chi connectivity index (χ4v) is 1.29. The van der Waals surface area contributed by atoms with E-state index in [0.29, 0.717) is 19.6 Å². The largest absolute Gasteiger partial charge is 0.522 e. The summed E-state index contributed by atoms with van der Waals surface area (Å²) < 4.78 is 38.3. The van der Waals surface area contributed by atoms with E-state index in [1.807, 2.05) is 13.8 Å². The van der Waals surface area contributed by atoms with E-state index in [2.05, 4.69) is 10.1 Å². The van der Waals surface area contributed by atoms with Crippen LogP contribution in [0.15, 0.2) is 0 Å². The van der Waals surface area contributed by atoms with Crippen LogP contribution >= 0.6 is 0 Å². The van der Waals surface area contributed by atoms with E-state index in [0.717, 1.165) is 0 Å². The van der Waals surface area contributed by atoms with Gasteiger partial charge in [-0.15, -0.1) is 13.2 Å². The van der Waals surface area contributed by atoms with Crippen LogP contribution in [0.5, 0.6) is 0 Å². The van der Waals surface area contributed by atoms with E-state index >= 15 is 0 Å². The molecular formula is C10H19F3N2O2. The van der Waals surface area contributed by atoms with Gasteiger partial charge in [0.15, 0.2) is 0 Å². The first-order valence-electron chi connectivity index (χ1n) is 5.59. The molecule has 0 fully saturated rings. The van der Waals surface area contributed by atoms with Crippen LogP contribution in [0.1, 0.15) is 20.3 Å². The number of nitrogens with zero attached hydrogens (tertiary/aromatic N) is 1. The van der Waals surface area contributed by atoms with Crippen molar-refractivity contribution >= 4 is 5.91 Å². The summed E-state index contributed by atoms with van der Waals surface area (Å²) in [6.45, 7) is 5.04. The van der Waals surface area contributed by atoms with Gasteiger partial charge < -0.3 is 10.2 Å². The number of carbonyl (C=O) groups is 1. The SMILES string of the molecule is CCN(CC)C(=O)CCNCCOC(F)(F)F. The highest BCUT2D eigenvalue weighted by atomic mass is 19.4. The molecule has 0 heterocycles. The molecule has 0 saturated carbocycles. The van der Waals surface area contributed by atoms with Gasteiger partial charge in [-0.05, 0) is 13.8 Å². The van der Waals surface area contributed by atoms with E-state index in [1.165, 1.54) is 0 Å². The molecule has 0 aromatic heterocycles. The van der Waals surface area contributed by atoms with Gasteiger partial charge in [0.2, 0.25) is 5.91 Å². The summed E-state index contributed by atoms with van der Waals surface area (Å²) in [5, 5.41) is 2.72. The van der Waals surface area contributed by atoms with Gasteiger partial charge in [0.05, 0.1) is 6.61 Å². The molecule has 17 heavy (non-hydrogen) atoms. The maximum Gasteiger partial charge on any atom is 0.522 e. The highest BCUT2D eigenvalue weighted by Gasteiger charge is 2.28. The Bertz CT molecular complexity index is 218. The first-order valence-corrected chi connectivity index (χ1v) is 5.59. The zero-order chi connectivity index (χ0) is 13.3. The summed E-state index contributed by atoms with van der Waals surface area (Å²) in [7, 11) is 0. The lowest BCUT2D eigenvalue weighted by Gasteiger charge is -2.18. The highest BCUT2D eigenvalue weighted by molar-refractivity contribution is 5.76. The molecule has 0 bridgehead atoms. The average Bonchev–Trinajstić information content (AvgIpc) is 2.23. The third-order valence-corrected chi connectivity index (χ3v) is 2.18. The Labute approximate surface area is 99.1 Å². The van der Waals surface area contributed by atoms with Gasteiger partial charge in [-0.25, -0.2) is 0 Å². The smallest absolute Gasteiger partial charge is 0.343 e. The fourth-order valence-electron chi connectivity index (χ4n) is 1.29. The van der Waals surface area contributed by atoms with E-state index in [1.54, 1.807) is 4.90 Å². The second-order valence-corrected chi connectivity index (χ2v) is 3.36. The first-order chi connectivity index (χ1) is 7.90. The van der Waals surface area contributed by atoms with Crippen LogP contribution in [0.4, 0.5) is 13.2 Å². The third kappa shape index (κ3) is 8.93.